The van der Waals surface area contributed by atoms with Crippen LogP contribution in [0.2, 0.25) is 5.02 Å². The van der Waals surface area contributed by atoms with Gasteiger partial charge in [-0.15, -0.1) is 0 Å². The molecule has 0 bridgehead atoms. The molecule has 1 aliphatic carbocycles. The molecule has 2 atom stereocenters. The second-order valence-corrected chi connectivity index (χ2v) is 6.37. The van der Waals surface area contributed by atoms with Crippen molar-refractivity contribution < 1.29 is 4.79 Å². The van der Waals surface area contributed by atoms with Crippen molar-refractivity contribution in [3.05, 3.63) is 64.9 Å². The Labute approximate surface area is 146 Å². The van der Waals surface area contributed by atoms with Gasteiger partial charge in [-0.3, -0.25) is 9.78 Å². The number of amides is 1. The number of rotatable bonds is 6. The molecule has 5 heteroatoms. The molecule has 1 aromatic carbocycles. The van der Waals surface area contributed by atoms with E-state index in [9.17, 15) is 4.79 Å². The minimum Gasteiger partial charge on any atom is -0.336 e. The molecule has 3 rings (SSSR count). The molecule has 0 radical (unpaired) electrons. The van der Waals surface area contributed by atoms with E-state index in [4.69, 9.17) is 16.9 Å². The van der Waals surface area contributed by atoms with Gasteiger partial charge in [-0.25, -0.2) is 0 Å². The monoisotopic (exact) mass is 339 g/mol. The molecule has 122 valence electrons. The Bertz CT molecular complexity index is 757. The number of aromatic nitrogens is 1. The molecule has 4 nitrogen and oxygen atoms in total. The van der Waals surface area contributed by atoms with E-state index >= 15 is 0 Å². The lowest BCUT2D eigenvalue weighted by molar-refractivity contribution is -0.133. The zero-order valence-corrected chi connectivity index (χ0v) is 14.0. The zero-order valence-electron chi connectivity index (χ0n) is 13.2. The van der Waals surface area contributed by atoms with Gasteiger partial charge in [0, 0.05) is 23.7 Å². The van der Waals surface area contributed by atoms with Crippen molar-refractivity contribution in [1.82, 2.24) is 9.88 Å². The summed E-state index contributed by atoms with van der Waals surface area (Å²) in [5.74, 6) is 0.215. The maximum Gasteiger partial charge on any atom is 0.226 e. The van der Waals surface area contributed by atoms with E-state index in [0.717, 1.165) is 17.7 Å². The van der Waals surface area contributed by atoms with Gasteiger partial charge in [0.05, 0.1) is 24.7 Å². The fraction of sp³-hybridized carbons (Fsp3) is 0.316. The number of hydrogen-bond acceptors (Lipinski definition) is 3. The third-order valence-corrected chi connectivity index (χ3v) is 4.64. The highest BCUT2D eigenvalue weighted by molar-refractivity contribution is 6.31. The lowest BCUT2D eigenvalue weighted by Crippen LogP contribution is -2.33. The highest BCUT2D eigenvalue weighted by Gasteiger charge is 2.46. The lowest BCUT2D eigenvalue weighted by Gasteiger charge is -2.21. The van der Waals surface area contributed by atoms with E-state index in [0.29, 0.717) is 24.5 Å². The van der Waals surface area contributed by atoms with Crippen LogP contribution in [0.1, 0.15) is 30.0 Å². The van der Waals surface area contributed by atoms with Crippen LogP contribution in [-0.4, -0.2) is 22.3 Å². The Kier molecular flexibility index (Phi) is 5.12. The van der Waals surface area contributed by atoms with E-state index in [-0.39, 0.29) is 17.7 Å². The zero-order chi connectivity index (χ0) is 16.9. The molecule has 0 aliphatic heterocycles. The Morgan fingerprint density at radius 3 is 2.79 bits per heavy atom. The van der Waals surface area contributed by atoms with Crippen LogP contribution in [0.15, 0.2) is 48.7 Å². The second-order valence-electron chi connectivity index (χ2n) is 5.96. The van der Waals surface area contributed by atoms with Crippen LogP contribution in [0.25, 0.3) is 0 Å². The first-order valence-corrected chi connectivity index (χ1v) is 8.38. The van der Waals surface area contributed by atoms with Crippen LogP contribution < -0.4 is 0 Å². The molecule has 1 aliphatic rings. The average Bonchev–Trinajstić information content (AvgIpc) is 3.40. The fourth-order valence-electron chi connectivity index (χ4n) is 2.96. The molecule has 1 fully saturated rings. The van der Waals surface area contributed by atoms with Crippen molar-refractivity contribution in [3.63, 3.8) is 0 Å². The van der Waals surface area contributed by atoms with Crippen LogP contribution >= 0.6 is 11.6 Å². The molecule has 0 N–H and O–H groups in total. The van der Waals surface area contributed by atoms with Crippen molar-refractivity contribution in [3.8, 4) is 6.07 Å². The number of benzene rings is 1. The molecule has 1 aromatic heterocycles. The minimum atomic E-state index is -0.0488. The van der Waals surface area contributed by atoms with E-state index in [1.165, 1.54) is 0 Å². The fourth-order valence-corrected chi connectivity index (χ4v) is 3.24. The summed E-state index contributed by atoms with van der Waals surface area (Å²) in [6.45, 7) is 0.866. The standard InChI is InChI=1S/C19H18ClN3O/c20-18-8-2-1-7-15(18)16-12-17(16)19(24)23(11-5-9-21)13-14-6-3-4-10-22-14/h1-4,6-8,10,16-17H,5,11-13H2/t16-,17-/m1/s1. The highest BCUT2D eigenvalue weighted by Crippen LogP contribution is 2.50. The molecule has 1 amide bonds. The molecular formula is C19H18ClN3O. The molecule has 2 aromatic rings. The molecule has 24 heavy (non-hydrogen) atoms. The maximum atomic E-state index is 12.9. The summed E-state index contributed by atoms with van der Waals surface area (Å²) in [4.78, 5) is 18.9. The number of carbonyl (C=O) groups excluding carboxylic acids is 1. The van der Waals surface area contributed by atoms with Crippen molar-refractivity contribution in [1.29, 1.82) is 5.26 Å². The third-order valence-electron chi connectivity index (χ3n) is 4.30. The molecule has 1 heterocycles. The predicted molar refractivity (Wildman–Crippen MR) is 92.2 cm³/mol. The summed E-state index contributed by atoms with van der Waals surface area (Å²) >= 11 is 6.24. The van der Waals surface area contributed by atoms with Gasteiger partial charge >= 0.3 is 0 Å². The van der Waals surface area contributed by atoms with E-state index in [1.54, 1.807) is 11.1 Å². The maximum absolute atomic E-state index is 12.9. The molecule has 1 saturated carbocycles. The number of hydrogen-bond donors (Lipinski definition) is 0. The lowest BCUT2D eigenvalue weighted by atomic mass is 10.1. The Morgan fingerprint density at radius 2 is 2.08 bits per heavy atom. The quantitative estimate of drug-likeness (QED) is 0.804. The minimum absolute atomic E-state index is 0.0488. The Morgan fingerprint density at radius 1 is 1.29 bits per heavy atom. The second kappa shape index (κ2) is 7.46. The smallest absolute Gasteiger partial charge is 0.226 e. The topological polar surface area (TPSA) is 57.0 Å². The first-order valence-electron chi connectivity index (χ1n) is 8.00. The molecule has 0 unspecified atom stereocenters. The van der Waals surface area contributed by atoms with Gasteiger partial charge in [0.15, 0.2) is 0 Å². The van der Waals surface area contributed by atoms with E-state index in [1.807, 2.05) is 42.5 Å². The number of nitrogens with zero attached hydrogens (tertiary/aromatic N) is 3. The molecule has 0 spiro atoms. The van der Waals surface area contributed by atoms with Gasteiger partial charge in [-0.1, -0.05) is 35.9 Å². The van der Waals surface area contributed by atoms with Crippen molar-refractivity contribution in [2.45, 2.75) is 25.3 Å². The van der Waals surface area contributed by atoms with Gasteiger partial charge in [0.2, 0.25) is 5.91 Å². The number of carbonyl (C=O) groups is 1. The van der Waals surface area contributed by atoms with Gasteiger partial charge < -0.3 is 4.90 Å². The first-order chi connectivity index (χ1) is 11.7. The Balaban J connectivity index is 1.71. The van der Waals surface area contributed by atoms with Gasteiger partial charge in [0.25, 0.3) is 0 Å². The van der Waals surface area contributed by atoms with Crippen molar-refractivity contribution in [2.24, 2.45) is 5.92 Å². The van der Waals surface area contributed by atoms with Crippen molar-refractivity contribution in [2.75, 3.05) is 6.54 Å². The summed E-state index contributed by atoms with van der Waals surface area (Å²) in [6.07, 6.45) is 2.85. The van der Waals surface area contributed by atoms with Crippen molar-refractivity contribution >= 4 is 17.5 Å². The highest BCUT2D eigenvalue weighted by atomic mass is 35.5. The summed E-state index contributed by atoms with van der Waals surface area (Å²) in [7, 11) is 0. The van der Waals surface area contributed by atoms with Crippen LogP contribution in [0, 0.1) is 17.2 Å². The summed E-state index contributed by atoms with van der Waals surface area (Å²) in [6, 6.07) is 15.4. The van der Waals surface area contributed by atoms with Gasteiger partial charge in [0.1, 0.15) is 0 Å². The number of pyridine rings is 1. The normalized spacial score (nSPS) is 18.7. The SMILES string of the molecule is N#CCCN(Cc1ccccn1)C(=O)[C@@H]1C[C@@H]1c1ccccc1Cl. The van der Waals surface area contributed by atoms with Crippen LogP contribution in [-0.2, 0) is 11.3 Å². The van der Waals surface area contributed by atoms with Crippen LogP contribution in [0.3, 0.4) is 0 Å². The largest absolute Gasteiger partial charge is 0.336 e. The summed E-state index contributed by atoms with van der Waals surface area (Å²) in [5, 5.41) is 9.58. The molecule has 0 saturated heterocycles. The first kappa shape index (κ1) is 16.5. The van der Waals surface area contributed by atoms with Crippen LogP contribution in [0.5, 0.6) is 0 Å². The average molecular weight is 340 g/mol. The Hall–Kier alpha value is -2.38. The van der Waals surface area contributed by atoms with Gasteiger partial charge in [-0.2, -0.15) is 5.26 Å². The van der Waals surface area contributed by atoms with Crippen LogP contribution in [0.4, 0.5) is 0 Å². The third kappa shape index (κ3) is 3.74. The summed E-state index contributed by atoms with van der Waals surface area (Å²) in [5.41, 5.74) is 1.87. The predicted octanol–water partition coefficient (Wildman–Crippen LogP) is 3.78. The van der Waals surface area contributed by atoms with E-state index < -0.39 is 0 Å². The summed E-state index contributed by atoms with van der Waals surface area (Å²) < 4.78 is 0. The number of nitriles is 1. The van der Waals surface area contributed by atoms with Gasteiger partial charge in [-0.05, 0) is 36.1 Å². The van der Waals surface area contributed by atoms with E-state index in [2.05, 4.69) is 11.1 Å². The number of halogens is 1. The molecular weight excluding hydrogens is 322 g/mol.